The quantitative estimate of drug-likeness (QED) is 0.432. The van der Waals surface area contributed by atoms with E-state index in [1.807, 2.05) is 48.5 Å². The highest BCUT2D eigenvalue weighted by atomic mass is 16.5. The average Bonchev–Trinajstić information content (AvgIpc) is 3.17. The van der Waals surface area contributed by atoms with Crippen LogP contribution in [-0.2, 0) is 11.2 Å². The van der Waals surface area contributed by atoms with Crippen LogP contribution < -0.4 is 15.4 Å². The number of hydrogen-bond donors (Lipinski definition) is 2. The van der Waals surface area contributed by atoms with Crippen molar-refractivity contribution in [3.8, 4) is 5.75 Å². The molecule has 0 saturated carbocycles. The molecule has 0 saturated heterocycles. The van der Waals surface area contributed by atoms with E-state index in [0.29, 0.717) is 28.1 Å². The van der Waals surface area contributed by atoms with Crippen LogP contribution >= 0.6 is 0 Å². The second-order valence-corrected chi connectivity index (χ2v) is 6.96. The molecule has 0 radical (unpaired) electrons. The van der Waals surface area contributed by atoms with E-state index in [0.717, 1.165) is 6.42 Å². The number of anilines is 2. The maximum absolute atomic E-state index is 12.9. The highest BCUT2D eigenvalue weighted by molar-refractivity contribution is 6.14. The molecule has 1 aromatic heterocycles. The van der Waals surface area contributed by atoms with Gasteiger partial charge in [-0.25, -0.2) is 0 Å². The lowest BCUT2D eigenvalue weighted by atomic mass is 10.1. The van der Waals surface area contributed by atoms with Gasteiger partial charge in [-0.15, -0.1) is 0 Å². The van der Waals surface area contributed by atoms with Crippen molar-refractivity contribution in [1.82, 2.24) is 0 Å². The molecule has 0 spiro atoms. The van der Waals surface area contributed by atoms with E-state index in [1.54, 1.807) is 30.3 Å². The van der Waals surface area contributed by atoms with Crippen LogP contribution in [0.5, 0.6) is 5.75 Å². The first-order valence-electron chi connectivity index (χ1n) is 10.0. The van der Waals surface area contributed by atoms with Gasteiger partial charge in [-0.1, -0.05) is 49.4 Å². The molecule has 6 heteroatoms. The van der Waals surface area contributed by atoms with Gasteiger partial charge in [-0.3, -0.25) is 9.59 Å². The number of aryl methyl sites for hydroxylation is 1. The van der Waals surface area contributed by atoms with Gasteiger partial charge in [0, 0.05) is 11.1 Å². The van der Waals surface area contributed by atoms with Gasteiger partial charge in [0.05, 0.1) is 0 Å². The summed E-state index contributed by atoms with van der Waals surface area (Å²) in [6.45, 7) is 1.88. The molecule has 4 aromatic rings. The molecule has 0 aliphatic heterocycles. The number of nitrogens with one attached hydrogen (secondary N) is 2. The number of rotatable bonds is 7. The standard InChI is InChI=1S/C25H22N2O4/c1-2-17-12-14-18(15-13-17)26-25(29)24-23(20-10-6-7-11-21(20)31-24)27-22(28)16-30-19-8-4-3-5-9-19/h3-15H,2,16H2,1H3,(H,26,29)(H,27,28). The molecule has 0 bridgehead atoms. The molecule has 156 valence electrons. The van der Waals surface area contributed by atoms with E-state index in [-0.39, 0.29) is 12.4 Å². The number of carbonyl (C=O) groups is 2. The third-order valence-corrected chi connectivity index (χ3v) is 4.80. The third-order valence-electron chi connectivity index (χ3n) is 4.80. The molecule has 4 rings (SSSR count). The van der Waals surface area contributed by atoms with Crippen molar-refractivity contribution >= 4 is 34.2 Å². The summed E-state index contributed by atoms with van der Waals surface area (Å²) in [5, 5.41) is 6.24. The molecule has 1 heterocycles. The molecule has 31 heavy (non-hydrogen) atoms. The SMILES string of the molecule is CCc1ccc(NC(=O)c2oc3ccccc3c2NC(=O)COc2ccccc2)cc1. The van der Waals surface area contributed by atoms with Crippen LogP contribution in [0.15, 0.2) is 83.3 Å². The molecule has 0 fully saturated rings. The van der Waals surface area contributed by atoms with Crippen LogP contribution in [0.2, 0.25) is 0 Å². The van der Waals surface area contributed by atoms with Gasteiger partial charge < -0.3 is 19.8 Å². The Balaban J connectivity index is 1.54. The Morgan fingerprint density at radius 2 is 1.58 bits per heavy atom. The zero-order valence-corrected chi connectivity index (χ0v) is 17.1. The van der Waals surface area contributed by atoms with Gasteiger partial charge in [-0.2, -0.15) is 0 Å². The molecular formula is C25H22N2O4. The monoisotopic (exact) mass is 414 g/mol. The molecule has 6 nitrogen and oxygen atoms in total. The number of hydrogen-bond acceptors (Lipinski definition) is 4. The Morgan fingerprint density at radius 3 is 2.32 bits per heavy atom. The summed E-state index contributed by atoms with van der Waals surface area (Å²) in [6.07, 6.45) is 0.916. The topological polar surface area (TPSA) is 80.6 Å². The van der Waals surface area contributed by atoms with Crippen molar-refractivity contribution < 1.29 is 18.7 Å². The van der Waals surface area contributed by atoms with E-state index >= 15 is 0 Å². The number of para-hydroxylation sites is 2. The molecule has 0 atom stereocenters. The molecule has 0 unspecified atom stereocenters. The smallest absolute Gasteiger partial charge is 0.293 e. The lowest BCUT2D eigenvalue weighted by Crippen LogP contribution is -2.22. The summed E-state index contributed by atoms with van der Waals surface area (Å²) in [5.41, 5.74) is 2.65. The Bertz CT molecular complexity index is 1200. The van der Waals surface area contributed by atoms with E-state index in [2.05, 4.69) is 17.6 Å². The van der Waals surface area contributed by atoms with Gasteiger partial charge in [0.25, 0.3) is 11.8 Å². The Morgan fingerprint density at radius 1 is 0.871 bits per heavy atom. The first kappa shape index (κ1) is 20.2. The minimum Gasteiger partial charge on any atom is -0.484 e. The molecule has 0 aliphatic rings. The van der Waals surface area contributed by atoms with E-state index in [4.69, 9.17) is 9.15 Å². The van der Waals surface area contributed by atoms with E-state index < -0.39 is 11.8 Å². The van der Waals surface area contributed by atoms with Crippen molar-refractivity contribution in [2.24, 2.45) is 0 Å². The number of fused-ring (bicyclic) bond motifs is 1. The summed E-state index contributed by atoms with van der Waals surface area (Å²) < 4.78 is 11.3. The lowest BCUT2D eigenvalue weighted by Gasteiger charge is -2.09. The Labute approximate surface area is 179 Å². The van der Waals surface area contributed by atoms with Crippen LogP contribution in [0.1, 0.15) is 23.0 Å². The van der Waals surface area contributed by atoms with Gasteiger partial charge >= 0.3 is 0 Å². The van der Waals surface area contributed by atoms with Crippen LogP contribution in [-0.4, -0.2) is 18.4 Å². The number of carbonyl (C=O) groups excluding carboxylic acids is 2. The number of benzene rings is 3. The van der Waals surface area contributed by atoms with Gasteiger partial charge in [0.2, 0.25) is 5.76 Å². The molecule has 2 amide bonds. The van der Waals surface area contributed by atoms with Crippen LogP contribution in [0, 0.1) is 0 Å². The summed E-state index contributed by atoms with van der Waals surface area (Å²) in [5.74, 6) is -0.214. The predicted molar refractivity (Wildman–Crippen MR) is 121 cm³/mol. The van der Waals surface area contributed by atoms with Gasteiger partial charge in [0.15, 0.2) is 6.61 Å². The Kier molecular flexibility index (Phi) is 5.98. The fraction of sp³-hybridized carbons (Fsp3) is 0.120. The third kappa shape index (κ3) is 4.75. The maximum atomic E-state index is 12.9. The van der Waals surface area contributed by atoms with Crippen molar-refractivity contribution in [2.75, 3.05) is 17.2 Å². The van der Waals surface area contributed by atoms with Gasteiger partial charge in [-0.05, 0) is 48.4 Å². The van der Waals surface area contributed by atoms with Crippen LogP contribution in [0.4, 0.5) is 11.4 Å². The predicted octanol–water partition coefficient (Wildman–Crippen LogP) is 5.27. The minimum absolute atomic E-state index is 0.0360. The van der Waals surface area contributed by atoms with E-state index in [1.165, 1.54) is 5.56 Å². The minimum atomic E-state index is -0.445. The molecular weight excluding hydrogens is 392 g/mol. The maximum Gasteiger partial charge on any atom is 0.293 e. The van der Waals surface area contributed by atoms with Crippen molar-refractivity contribution in [3.05, 3.63) is 90.2 Å². The first-order chi connectivity index (χ1) is 15.1. The van der Waals surface area contributed by atoms with Crippen molar-refractivity contribution in [2.45, 2.75) is 13.3 Å². The van der Waals surface area contributed by atoms with Crippen molar-refractivity contribution in [1.29, 1.82) is 0 Å². The van der Waals surface area contributed by atoms with Crippen LogP contribution in [0.25, 0.3) is 11.0 Å². The van der Waals surface area contributed by atoms with Gasteiger partial charge in [0.1, 0.15) is 17.0 Å². The summed E-state index contributed by atoms with van der Waals surface area (Å²) in [7, 11) is 0. The molecule has 3 aromatic carbocycles. The molecule has 2 N–H and O–H groups in total. The Hall–Kier alpha value is -4.06. The zero-order chi connectivity index (χ0) is 21.6. The lowest BCUT2D eigenvalue weighted by molar-refractivity contribution is -0.118. The second kappa shape index (κ2) is 9.17. The van der Waals surface area contributed by atoms with Crippen LogP contribution in [0.3, 0.4) is 0 Å². The van der Waals surface area contributed by atoms with E-state index in [9.17, 15) is 9.59 Å². The highest BCUT2D eigenvalue weighted by Gasteiger charge is 2.22. The number of ether oxygens (including phenoxy) is 1. The summed E-state index contributed by atoms with van der Waals surface area (Å²) in [4.78, 5) is 25.5. The largest absolute Gasteiger partial charge is 0.484 e. The highest BCUT2D eigenvalue weighted by Crippen LogP contribution is 2.31. The second-order valence-electron chi connectivity index (χ2n) is 6.96. The number of amides is 2. The fourth-order valence-electron chi connectivity index (χ4n) is 3.18. The first-order valence-corrected chi connectivity index (χ1v) is 10.0. The summed E-state index contributed by atoms with van der Waals surface area (Å²) in [6, 6.07) is 23.8. The average molecular weight is 414 g/mol. The summed E-state index contributed by atoms with van der Waals surface area (Å²) >= 11 is 0. The fourth-order valence-corrected chi connectivity index (χ4v) is 3.18. The number of furan rings is 1. The zero-order valence-electron chi connectivity index (χ0n) is 17.1. The molecule has 0 aliphatic carbocycles. The normalized spacial score (nSPS) is 10.6. The van der Waals surface area contributed by atoms with Crippen molar-refractivity contribution in [3.63, 3.8) is 0 Å².